The van der Waals surface area contributed by atoms with Crippen molar-refractivity contribution in [3.63, 3.8) is 0 Å². The number of aromatic nitrogens is 5. The van der Waals surface area contributed by atoms with Gasteiger partial charge in [-0.15, -0.1) is 10.2 Å². The molecular weight excluding hydrogens is 414 g/mol. The van der Waals surface area contributed by atoms with E-state index in [0.717, 1.165) is 86.9 Å². The summed E-state index contributed by atoms with van der Waals surface area (Å²) in [5, 5.41) is 11.6. The molecule has 3 aromatic rings. The van der Waals surface area contributed by atoms with Gasteiger partial charge in [-0.1, -0.05) is 30.3 Å². The van der Waals surface area contributed by atoms with Gasteiger partial charge in [-0.3, -0.25) is 4.79 Å². The van der Waals surface area contributed by atoms with E-state index in [4.69, 9.17) is 9.97 Å². The maximum Gasteiger partial charge on any atom is 0.225 e. The first-order valence-electron chi connectivity index (χ1n) is 12.1. The fraction of sp³-hybridized carbons (Fsp3) is 0.480. The van der Waals surface area contributed by atoms with Crippen LogP contribution in [-0.2, 0) is 37.1 Å². The Labute approximate surface area is 193 Å². The second kappa shape index (κ2) is 8.57. The SMILES string of the molecule is O=C(NCc1nnc2n1CCC2)C1CCCN(c2nc(-c3ccccc3)nc3c2CCC3)C1. The lowest BCUT2D eigenvalue weighted by Crippen LogP contribution is -2.43. The van der Waals surface area contributed by atoms with Crippen LogP contribution in [0.2, 0.25) is 0 Å². The Morgan fingerprint density at radius 3 is 2.82 bits per heavy atom. The maximum absolute atomic E-state index is 13.1. The van der Waals surface area contributed by atoms with Crippen LogP contribution in [0.4, 0.5) is 5.82 Å². The summed E-state index contributed by atoms with van der Waals surface area (Å²) >= 11 is 0. The van der Waals surface area contributed by atoms with E-state index in [1.807, 2.05) is 18.2 Å². The second-order valence-electron chi connectivity index (χ2n) is 9.31. The van der Waals surface area contributed by atoms with Crippen molar-refractivity contribution in [1.29, 1.82) is 0 Å². The van der Waals surface area contributed by atoms with Crippen LogP contribution >= 0.6 is 0 Å². The quantitative estimate of drug-likeness (QED) is 0.652. The van der Waals surface area contributed by atoms with E-state index >= 15 is 0 Å². The third-order valence-corrected chi connectivity index (χ3v) is 7.14. The molecular formula is C25H29N7O. The topological polar surface area (TPSA) is 88.8 Å². The standard InChI is InChI=1S/C25H29N7O/c33-25(26-15-22-30-29-21-12-6-14-32(21)22)18-9-5-13-31(16-18)24-19-10-4-11-20(19)27-23(28-24)17-7-2-1-3-8-17/h1-3,7-8,18H,4-6,9-16H2,(H,26,33). The Kier molecular flexibility index (Phi) is 5.28. The molecule has 8 nitrogen and oxygen atoms in total. The van der Waals surface area contributed by atoms with Gasteiger partial charge in [-0.25, -0.2) is 9.97 Å². The van der Waals surface area contributed by atoms with Crippen molar-refractivity contribution >= 4 is 11.7 Å². The first-order valence-corrected chi connectivity index (χ1v) is 12.1. The largest absolute Gasteiger partial charge is 0.355 e. The molecule has 4 heterocycles. The molecule has 6 rings (SSSR count). The van der Waals surface area contributed by atoms with Crippen LogP contribution in [0.25, 0.3) is 11.4 Å². The second-order valence-corrected chi connectivity index (χ2v) is 9.31. The van der Waals surface area contributed by atoms with E-state index in [1.54, 1.807) is 0 Å². The summed E-state index contributed by atoms with van der Waals surface area (Å²) in [4.78, 5) is 25.3. The molecule has 1 saturated heterocycles. The zero-order chi connectivity index (χ0) is 22.2. The number of rotatable bonds is 5. The number of fused-ring (bicyclic) bond motifs is 2. The number of nitrogens with one attached hydrogen (secondary N) is 1. The number of amides is 1. The van der Waals surface area contributed by atoms with Crippen molar-refractivity contribution in [1.82, 2.24) is 30.0 Å². The van der Waals surface area contributed by atoms with Crippen LogP contribution in [0.5, 0.6) is 0 Å². The Morgan fingerprint density at radius 1 is 1.00 bits per heavy atom. The first kappa shape index (κ1) is 20.3. The highest BCUT2D eigenvalue weighted by molar-refractivity contribution is 5.79. The molecule has 1 atom stereocenters. The van der Waals surface area contributed by atoms with E-state index in [0.29, 0.717) is 13.1 Å². The molecule has 1 amide bonds. The fourth-order valence-corrected chi connectivity index (χ4v) is 5.43. The van der Waals surface area contributed by atoms with Crippen molar-refractivity contribution < 1.29 is 4.79 Å². The van der Waals surface area contributed by atoms with E-state index in [9.17, 15) is 4.79 Å². The smallest absolute Gasteiger partial charge is 0.225 e. The van der Waals surface area contributed by atoms with Crippen molar-refractivity contribution in [3.05, 3.63) is 53.2 Å². The van der Waals surface area contributed by atoms with Crippen LogP contribution in [-0.4, -0.2) is 43.7 Å². The summed E-state index contributed by atoms with van der Waals surface area (Å²) in [7, 11) is 0. The van der Waals surface area contributed by atoms with Crippen LogP contribution in [0.1, 0.15) is 48.6 Å². The van der Waals surface area contributed by atoms with Gasteiger partial charge in [0.1, 0.15) is 11.6 Å². The average molecular weight is 444 g/mol. The predicted molar refractivity (Wildman–Crippen MR) is 125 cm³/mol. The Morgan fingerprint density at radius 2 is 1.91 bits per heavy atom. The van der Waals surface area contributed by atoms with Crippen molar-refractivity contribution in [3.8, 4) is 11.4 Å². The van der Waals surface area contributed by atoms with Crippen LogP contribution in [0, 0.1) is 5.92 Å². The van der Waals surface area contributed by atoms with Gasteiger partial charge in [0.25, 0.3) is 0 Å². The van der Waals surface area contributed by atoms with Gasteiger partial charge in [0.05, 0.1) is 12.5 Å². The predicted octanol–water partition coefficient (Wildman–Crippen LogP) is 2.70. The highest BCUT2D eigenvalue weighted by Crippen LogP contribution is 2.33. The maximum atomic E-state index is 13.1. The summed E-state index contributed by atoms with van der Waals surface area (Å²) in [6.07, 6.45) is 7.12. The molecule has 1 unspecified atom stereocenters. The minimum atomic E-state index is -0.0492. The Balaban J connectivity index is 1.19. The molecule has 170 valence electrons. The summed E-state index contributed by atoms with van der Waals surface area (Å²) in [6, 6.07) is 10.2. The zero-order valence-electron chi connectivity index (χ0n) is 18.8. The molecule has 2 aliphatic heterocycles. The van der Waals surface area contributed by atoms with E-state index in [1.165, 1.54) is 11.3 Å². The Hall–Kier alpha value is -3.29. The van der Waals surface area contributed by atoms with Gasteiger partial charge in [-0.05, 0) is 38.5 Å². The van der Waals surface area contributed by atoms with Crippen molar-refractivity contribution in [2.45, 2.75) is 58.0 Å². The zero-order valence-corrected chi connectivity index (χ0v) is 18.8. The molecule has 0 saturated carbocycles. The molecule has 8 heteroatoms. The average Bonchev–Trinajstić information content (AvgIpc) is 3.60. The van der Waals surface area contributed by atoms with Gasteiger partial charge < -0.3 is 14.8 Å². The number of hydrogen-bond acceptors (Lipinski definition) is 6. The highest BCUT2D eigenvalue weighted by Gasteiger charge is 2.30. The Bertz CT molecular complexity index is 1170. The number of nitrogens with zero attached hydrogens (tertiary/aromatic N) is 6. The van der Waals surface area contributed by atoms with E-state index in [-0.39, 0.29) is 11.8 Å². The number of hydrogen-bond donors (Lipinski definition) is 1. The monoisotopic (exact) mass is 443 g/mol. The van der Waals surface area contributed by atoms with Crippen molar-refractivity contribution in [2.24, 2.45) is 5.92 Å². The van der Waals surface area contributed by atoms with E-state index < -0.39 is 0 Å². The van der Waals surface area contributed by atoms with Gasteiger partial charge in [0.15, 0.2) is 11.6 Å². The molecule has 1 fully saturated rings. The lowest BCUT2D eigenvalue weighted by molar-refractivity contribution is -0.125. The third kappa shape index (κ3) is 3.87. The lowest BCUT2D eigenvalue weighted by atomic mass is 9.96. The summed E-state index contributed by atoms with van der Waals surface area (Å²) in [5.74, 6) is 3.78. The molecule has 33 heavy (non-hydrogen) atoms. The molecule has 1 aliphatic carbocycles. The van der Waals surface area contributed by atoms with Gasteiger partial charge >= 0.3 is 0 Å². The number of piperidine rings is 1. The summed E-state index contributed by atoms with van der Waals surface area (Å²) < 4.78 is 2.14. The highest BCUT2D eigenvalue weighted by atomic mass is 16.1. The minimum absolute atomic E-state index is 0.0492. The molecule has 0 spiro atoms. The van der Waals surface area contributed by atoms with Crippen LogP contribution < -0.4 is 10.2 Å². The fourth-order valence-electron chi connectivity index (χ4n) is 5.43. The van der Waals surface area contributed by atoms with E-state index in [2.05, 4.69) is 37.1 Å². The van der Waals surface area contributed by atoms with Crippen LogP contribution in [0.3, 0.4) is 0 Å². The van der Waals surface area contributed by atoms with Crippen molar-refractivity contribution in [2.75, 3.05) is 18.0 Å². The molecule has 1 aromatic carbocycles. The molecule has 0 radical (unpaired) electrons. The van der Waals surface area contributed by atoms with Gasteiger partial charge in [0.2, 0.25) is 5.91 Å². The van der Waals surface area contributed by atoms with Gasteiger partial charge in [-0.2, -0.15) is 0 Å². The summed E-state index contributed by atoms with van der Waals surface area (Å²) in [5.41, 5.74) is 3.49. The molecule has 0 bridgehead atoms. The normalized spacial score (nSPS) is 19.4. The molecule has 3 aliphatic rings. The van der Waals surface area contributed by atoms with Crippen LogP contribution in [0.15, 0.2) is 30.3 Å². The first-order chi connectivity index (χ1) is 16.3. The molecule has 2 aromatic heterocycles. The minimum Gasteiger partial charge on any atom is -0.355 e. The molecule has 1 N–H and O–H groups in total. The summed E-state index contributed by atoms with van der Waals surface area (Å²) in [6.45, 7) is 3.03. The number of aryl methyl sites for hydroxylation is 2. The number of anilines is 1. The third-order valence-electron chi connectivity index (χ3n) is 7.14. The number of carbonyl (C=O) groups excluding carboxylic acids is 1. The lowest BCUT2D eigenvalue weighted by Gasteiger charge is -2.34. The van der Waals surface area contributed by atoms with Gasteiger partial charge in [0, 0.05) is 42.9 Å². The number of carbonyl (C=O) groups is 1. The number of benzene rings is 1.